The van der Waals surface area contributed by atoms with E-state index in [-0.39, 0.29) is 0 Å². The molecule has 0 saturated heterocycles. The van der Waals surface area contributed by atoms with Crippen LogP contribution in [0, 0.1) is 5.92 Å². The third-order valence-corrected chi connectivity index (χ3v) is 3.80. The topological polar surface area (TPSA) is 17.0 Å². The van der Waals surface area contributed by atoms with Gasteiger partial charge in [0.2, 0.25) is 0 Å². The van der Waals surface area contributed by atoms with Gasteiger partial charge >= 0.3 is 0 Å². The Morgan fingerprint density at radius 1 is 1.15 bits per heavy atom. The average molecular weight is 311 g/mol. The molecule has 1 aromatic carbocycles. The van der Waals surface area contributed by atoms with Gasteiger partial charge in [0.05, 0.1) is 0 Å². The molecular formula is C16H20Cl2N2. The smallest absolute Gasteiger partial charge is 0.0499 e. The van der Waals surface area contributed by atoms with Crippen molar-refractivity contribution in [3.63, 3.8) is 0 Å². The van der Waals surface area contributed by atoms with Crippen LogP contribution in [0.4, 0.5) is 0 Å². The zero-order valence-corrected chi connectivity index (χ0v) is 13.4. The van der Waals surface area contributed by atoms with Gasteiger partial charge in [-0.15, -0.1) is 0 Å². The Balaban J connectivity index is 1.99. The van der Waals surface area contributed by atoms with Gasteiger partial charge in [-0.1, -0.05) is 43.1 Å². The summed E-state index contributed by atoms with van der Waals surface area (Å²) < 4.78 is 2.11. The third kappa shape index (κ3) is 4.27. The van der Waals surface area contributed by atoms with Crippen molar-refractivity contribution in [1.29, 1.82) is 0 Å². The minimum atomic E-state index is 0.666. The Hall–Kier alpha value is -0.960. The molecule has 0 fully saturated rings. The van der Waals surface area contributed by atoms with Crippen molar-refractivity contribution in [3.05, 3.63) is 57.8 Å². The summed E-state index contributed by atoms with van der Waals surface area (Å²) >= 11 is 12.4. The van der Waals surface area contributed by atoms with Crippen molar-refractivity contribution in [3.8, 4) is 0 Å². The lowest BCUT2D eigenvalue weighted by molar-refractivity contribution is 0.552. The quantitative estimate of drug-likeness (QED) is 0.825. The summed E-state index contributed by atoms with van der Waals surface area (Å²) in [6.07, 6.45) is 4.19. The van der Waals surface area contributed by atoms with Crippen molar-refractivity contribution in [2.24, 2.45) is 5.92 Å². The summed E-state index contributed by atoms with van der Waals surface area (Å²) in [5.74, 6) is 0.666. The summed E-state index contributed by atoms with van der Waals surface area (Å²) in [5.41, 5.74) is 2.24. The summed E-state index contributed by atoms with van der Waals surface area (Å²) in [5, 5.41) is 4.86. The number of benzene rings is 1. The Labute approximate surface area is 130 Å². The first-order chi connectivity index (χ1) is 9.56. The zero-order chi connectivity index (χ0) is 14.5. The Kier molecular flexibility index (Phi) is 5.53. The fourth-order valence-electron chi connectivity index (χ4n) is 2.06. The van der Waals surface area contributed by atoms with Gasteiger partial charge in [-0.05, 0) is 36.2 Å². The lowest BCUT2D eigenvalue weighted by atomic mass is 10.2. The van der Waals surface area contributed by atoms with Crippen LogP contribution >= 0.6 is 23.2 Å². The molecule has 1 heterocycles. The molecule has 0 spiro atoms. The van der Waals surface area contributed by atoms with Crippen LogP contribution in [0.15, 0.2) is 36.7 Å². The van der Waals surface area contributed by atoms with Crippen LogP contribution in [-0.4, -0.2) is 11.1 Å². The SMILES string of the molecule is CC(C)CNCc1ccn(Cc2c(Cl)cccc2Cl)c1. The molecule has 0 unspecified atom stereocenters. The minimum Gasteiger partial charge on any atom is -0.349 e. The van der Waals surface area contributed by atoms with Crippen LogP contribution in [0.1, 0.15) is 25.0 Å². The first-order valence-corrected chi connectivity index (χ1v) is 7.60. The Bertz CT molecular complexity index is 541. The van der Waals surface area contributed by atoms with Crippen molar-refractivity contribution >= 4 is 23.2 Å². The van der Waals surface area contributed by atoms with Gasteiger partial charge in [0, 0.05) is 41.1 Å². The van der Waals surface area contributed by atoms with Gasteiger partial charge in [0.1, 0.15) is 0 Å². The molecule has 0 bridgehead atoms. The molecule has 0 amide bonds. The second-order valence-electron chi connectivity index (χ2n) is 5.42. The van der Waals surface area contributed by atoms with E-state index in [9.17, 15) is 0 Å². The molecule has 2 aromatic rings. The molecule has 20 heavy (non-hydrogen) atoms. The number of rotatable bonds is 6. The van der Waals surface area contributed by atoms with Gasteiger partial charge in [0.25, 0.3) is 0 Å². The first-order valence-electron chi connectivity index (χ1n) is 6.84. The van der Waals surface area contributed by atoms with Gasteiger partial charge in [0.15, 0.2) is 0 Å². The average Bonchev–Trinajstić information content (AvgIpc) is 2.81. The normalized spacial score (nSPS) is 11.2. The number of hydrogen-bond donors (Lipinski definition) is 1. The molecule has 4 heteroatoms. The van der Waals surface area contributed by atoms with E-state index in [0.29, 0.717) is 22.5 Å². The van der Waals surface area contributed by atoms with Crippen LogP contribution in [0.2, 0.25) is 10.0 Å². The molecule has 108 valence electrons. The predicted octanol–water partition coefficient (Wildman–Crippen LogP) is 4.59. The molecule has 0 aliphatic carbocycles. The highest BCUT2D eigenvalue weighted by Crippen LogP contribution is 2.25. The maximum absolute atomic E-state index is 6.19. The Morgan fingerprint density at radius 2 is 1.85 bits per heavy atom. The zero-order valence-electron chi connectivity index (χ0n) is 11.9. The van der Waals surface area contributed by atoms with Crippen LogP contribution in [0.25, 0.3) is 0 Å². The molecule has 0 aliphatic rings. The maximum Gasteiger partial charge on any atom is 0.0499 e. The second kappa shape index (κ2) is 7.16. The van der Waals surface area contributed by atoms with Crippen LogP contribution in [-0.2, 0) is 13.1 Å². The van der Waals surface area contributed by atoms with Crippen molar-refractivity contribution in [2.75, 3.05) is 6.54 Å². The van der Waals surface area contributed by atoms with Gasteiger partial charge in [-0.2, -0.15) is 0 Å². The van der Waals surface area contributed by atoms with Crippen LogP contribution < -0.4 is 5.32 Å². The van der Waals surface area contributed by atoms with Gasteiger partial charge < -0.3 is 9.88 Å². The molecule has 0 atom stereocenters. The highest BCUT2D eigenvalue weighted by Gasteiger charge is 2.06. The largest absolute Gasteiger partial charge is 0.349 e. The molecule has 0 aliphatic heterocycles. The van der Waals surface area contributed by atoms with E-state index in [1.54, 1.807) is 0 Å². The molecule has 0 saturated carbocycles. The lowest BCUT2D eigenvalue weighted by Crippen LogP contribution is -2.18. The molecule has 2 rings (SSSR count). The highest BCUT2D eigenvalue weighted by molar-refractivity contribution is 6.35. The van der Waals surface area contributed by atoms with E-state index >= 15 is 0 Å². The summed E-state index contributed by atoms with van der Waals surface area (Å²) in [6.45, 7) is 7.03. The molecule has 1 aromatic heterocycles. The summed E-state index contributed by atoms with van der Waals surface area (Å²) in [7, 11) is 0. The number of nitrogens with one attached hydrogen (secondary N) is 1. The Morgan fingerprint density at radius 3 is 2.50 bits per heavy atom. The molecule has 0 radical (unpaired) electrons. The summed E-state index contributed by atoms with van der Waals surface area (Å²) in [6, 6.07) is 7.73. The van der Waals surface area contributed by atoms with Crippen LogP contribution in [0.5, 0.6) is 0 Å². The first kappa shape index (κ1) is 15.4. The predicted molar refractivity (Wildman–Crippen MR) is 86.5 cm³/mol. The van der Waals surface area contributed by atoms with E-state index < -0.39 is 0 Å². The highest BCUT2D eigenvalue weighted by atomic mass is 35.5. The minimum absolute atomic E-state index is 0.666. The van der Waals surface area contributed by atoms with Crippen molar-refractivity contribution in [2.45, 2.75) is 26.9 Å². The lowest BCUT2D eigenvalue weighted by Gasteiger charge is -2.08. The monoisotopic (exact) mass is 310 g/mol. The summed E-state index contributed by atoms with van der Waals surface area (Å²) in [4.78, 5) is 0. The number of halogens is 2. The maximum atomic E-state index is 6.19. The number of hydrogen-bond acceptors (Lipinski definition) is 1. The van der Waals surface area contributed by atoms with Crippen molar-refractivity contribution < 1.29 is 0 Å². The van der Waals surface area contributed by atoms with E-state index in [2.05, 4.69) is 42.2 Å². The number of aromatic nitrogens is 1. The van der Waals surface area contributed by atoms with E-state index in [1.165, 1.54) is 5.56 Å². The second-order valence-corrected chi connectivity index (χ2v) is 6.23. The standard InChI is InChI=1S/C16H20Cl2N2/c1-12(2)8-19-9-13-6-7-20(10-13)11-14-15(17)4-3-5-16(14)18/h3-7,10,12,19H,8-9,11H2,1-2H3. The fraction of sp³-hybridized carbons (Fsp3) is 0.375. The van der Waals surface area contributed by atoms with Crippen LogP contribution in [0.3, 0.4) is 0 Å². The van der Waals surface area contributed by atoms with E-state index in [0.717, 1.165) is 18.7 Å². The fourth-order valence-corrected chi connectivity index (χ4v) is 2.58. The number of nitrogens with zero attached hydrogens (tertiary/aromatic N) is 1. The molecule has 2 nitrogen and oxygen atoms in total. The third-order valence-electron chi connectivity index (χ3n) is 3.10. The van der Waals surface area contributed by atoms with Crippen molar-refractivity contribution in [1.82, 2.24) is 9.88 Å². The van der Waals surface area contributed by atoms with Gasteiger partial charge in [-0.25, -0.2) is 0 Å². The van der Waals surface area contributed by atoms with E-state index in [1.807, 2.05) is 18.2 Å². The van der Waals surface area contributed by atoms with Gasteiger partial charge in [-0.3, -0.25) is 0 Å². The molecule has 1 N–H and O–H groups in total. The molecular weight excluding hydrogens is 291 g/mol. The van der Waals surface area contributed by atoms with E-state index in [4.69, 9.17) is 23.2 Å².